The van der Waals surface area contributed by atoms with E-state index in [0.717, 1.165) is 0 Å². The third kappa shape index (κ3) is 10.8. The van der Waals surface area contributed by atoms with E-state index < -0.39 is 34.2 Å². The van der Waals surface area contributed by atoms with Gasteiger partial charge in [-0.15, -0.1) is 0 Å². The quantitative estimate of drug-likeness (QED) is 0.0590. The first-order chi connectivity index (χ1) is 22.8. The number of halogens is 5. The number of sulfone groups is 1. The van der Waals surface area contributed by atoms with Crippen LogP contribution in [-0.4, -0.2) is 72.8 Å². The zero-order valence-electron chi connectivity index (χ0n) is 25.7. The normalized spacial score (nSPS) is 12.0. The molecule has 0 saturated heterocycles. The van der Waals surface area contributed by atoms with Crippen LogP contribution in [0.15, 0.2) is 72.1 Å². The number of unbranched alkanes of at least 4 members (excludes halogenated alkanes) is 1. The fraction of sp³-hybridized carbons (Fsp3) is 0.312. The molecule has 10 nitrogen and oxygen atoms in total. The largest absolute Gasteiger partial charge is 0.487 e. The van der Waals surface area contributed by atoms with Gasteiger partial charge in [0.05, 0.1) is 22.5 Å². The summed E-state index contributed by atoms with van der Waals surface area (Å²) in [4.78, 5) is 26.1. The van der Waals surface area contributed by atoms with Gasteiger partial charge in [-0.1, -0.05) is 41.9 Å². The first kappa shape index (κ1) is 36.3. The van der Waals surface area contributed by atoms with E-state index in [9.17, 15) is 30.8 Å². The van der Waals surface area contributed by atoms with Gasteiger partial charge in [-0.3, -0.25) is 4.79 Å². The second-order valence-electron chi connectivity index (χ2n) is 10.5. The van der Waals surface area contributed by atoms with Crippen LogP contribution in [-0.2, 0) is 26.1 Å². The van der Waals surface area contributed by atoms with Gasteiger partial charge in [-0.05, 0) is 66.4 Å². The first-order valence-electron chi connectivity index (χ1n) is 14.7. The summed E-state index contributed by atoms with van der Waals surface area (Å²) in [6, 6.07) is 16.5. The Bertz CT molecular complexity index is 1860. The van der Waals surface area contributed by atoms with Crippen molar-refractivity contribution in [2.24, 2.45) is 5.16 Å². The molecule has 3 aromatic carbocycles. The number of nitrogens with zero attached hydrogens (tertiary/aromatic N) is 4. The highest BCUT2D eigenvalue weighted by molar-refractivity contribution is 7.91. The van der Waals surface area contributed by atoms with Crippen LogP contribution in [0.2, 0.25) is 5.02 Å². The average Bonchev–Trinajstić information content (AvgIpc) is 3.05. The lowest BCUT2D eigenvalue weighted by Gasteiger charge is -2.23. The predicted molar refractivity (Wildman–Crippen MR) is 175 cm³/mol. The standard InChI is InChI=1S/C32H32ClF4N5O5S/c1-2-48(44,45)15-13-42(31(43)32(35,36)37)12-3-4-14-47-40-19-22-8-10-28-26(17-22)30(39-21-38-28)41-25-9-11-29(27(33)18-25)46-20-23-6-5-7-24(34)16-23/h5-11,16-19,21H,2-4,12-15,20H2,1H3,(H,38,39,41)/b40-19-. The van der Waals surface area contributed by atoms with Crippen molar-refractivity contribution in [2.75, 3.05) is 36.5 Å². The van der Waals surface area contributed by atoms with Gasteiger partial charge < -0.3 is 19.8 Å². The number of fused-ring (bicyclic) bond motifs is 1. The number of carbonyl (C=O) groups is 1. The van der Waals surface area contributed by atoms with Crippen molar-refractivity contribution in [3.8, 4) is 5.75 Å². The minimum absolute atomic E-state index is 0.0595. The van der Waals surface area contributed by atoms with E-state index in [-0.39, 0.29) is 44.2 Å². The molecule has 0 spiro atoms. The summed E-state index contributed by atoms with van der Waals surface area (Å²) in [6.45, 7) is 0.771. The van der Waals surface area contributed by atoms with Crippen LogP contribution in [0.4, 0.5) is 29.1 Å². The lowest BCUT2D eigenvalue weighted by molar-refractivity contribution is -0.185. The van der Waals surface area contributed by atoms with Crippen LogP contribution < -0.4 is 10.1 Å². The zero-order chi connectivity index (χ0) is 34.7. The molecule has 0 atom stereocenters. The van der Waals surface area contributed by atoms with Crippen molar-refractivity contribution >= 4 is 56.0 Å². The van der Waals surface area contributed by atoms with Crippen molar-refractivity contribution < 1.29 is 40.3 Å². The molecule has 4 aromatic rings. The fourth-order valence-corrected chi connectivity index (χ4v) is 5.40. The highest BCUT2D eigenvalue weighted by atomic mass is 35.5. The molecule has 16 heteroatoms. The second kappa shape index (κ2) is 16.6. The number of benzene rings is 3. The molecule has 256 valence electrons. The number of hydrogen-bond acceptors (Lipinski definition) is 9. The highest BCUT2D eigenvalue weighted by Crippen LogP contribution is 2.31. The molecule has 1 amide bonds. The van der Waals surface area contributed by atoms with E-state index >= 15 is 0 Å². The fourth-order valence-electron chi connectivity index (χ4n) is 4.38. The average molecular weight is 710 g/mol. The van der Waals surface area contributed by atoms with Gasteiger partial charge in [-0.25, -0.2) is 22.8 Å². The molecule has 48 heavy (non-hydrogen) atoms. The van der Waals surface area contributed by atoms with Crippen molar-refractivity contribution in [1.82, 2.24) is 14.9 Å². The lowest BCUT2D eigenvalue weighted by Crippen LogP contribution is -2.44. The highest BCUT2D eigenvalue weighted by Gasteiger charge is 2.42. The summed E-state index contributed by atoms with van der Waals surface area (Å²) in [5, 5.41) is 8.14. The van der Waals surface area contributed by atoms with Gasteiger partial charge in [0, 0.05) is 29.9 Å². The van der Waals surface area contributed by atoms with Crippen LogP contribution in [0.3, 0.4) is 0 Å². The summed E-state index contributed by atoms with van der Waals surface area (Å²) >= 11 is 6.43. The number of amides is 1. The van der Waals surface area contributed by atoms with Crippen LogP contribution in [0, 0.1) is 5.82 Å². The van der Waals surface area contributed by atoms with Crippen LogP contribution in [0.5, 0.6) is 5.75 Å². The zero-order valence-corrected chi connectivity index (χ0v) is 27.3. The van der Waals surface area contributed by atoms with Gasteiger partial charge in [0.1, 0.15) is 36.9 Å². The summed E-state index contributed by atoms with van der Waals surface area (Å²) in [7, 11) is -3.55. The Morgan fingerprint density at radius 1 is 1.06 bits per heavy atom. The molecular weight excluding hydrogens is 678 g/mol. The number of alkyl halides is 3. The summed E-state index contributed by atoms with van der Waals surface area (Å²) in [5.41, 5.74) is 2.59. The molecule has 0 unspecified atom stereocenters. The van der Waals surface area contributed by atoms with Crippen LogP contribution in [0.25, 0.3) is 10.9 Å². The number of hydrogen-bond donors (Lipinski definition) is 1. The number of oxime groups is 1. The summed E-state index contributed by atoms with van der Waals surface area (Å²) in [6.07, 6.45) is -1.82. The van der Waals surface area contributed by atoms with E-state index in [2.05, 4.69) is 20.4 Å². The Morgan fingerprint density at radius 3 is 2.60 bits per heavy atom. The third-order valence-corrected chi connectivity index (χ3v) is 8.95. The molecule has 1 N–H and O–H groups in total. The van der Waals surface area contributed by atoms with Gasteiger partial charge in [0.15, 0.2) is 9.84 Å². The molecule has 1 heterocycles. The summed E-state index contributed by atoms with van der Waals surface area (Å²) in [5.74, 6) is -2.29. The Labute approximate surface area is 279 Å². The number of nitrogens with one attached hydrogen (secondary N) is 1. The maximum Gasteiger partial charge on any atom is 0.471 e. The van der Waals surface area contributed by atoms with Crippen molar-refractivity contribution in [2.45, 2.75) is 32.5 Å². The van der Waals surface area contributed by atoms with E-state index in [1.54, 1.807) is 48.5 Å². The molecule has 0 fully saturated rings. The predicted octanol–water partition coefficient (Wildman–Crippen LogP) is 6.70. The first-order valence-corrected chi connectivity index (χ1v) is 16.9. The molecule has 4 rings (SSSR count). The van der Waals surface area contributed by atoms with Gasteiger partial charge >= 0.3 is 12.1 Å². The maximum absolute atomic E-state index is 13.4. The SMILES string of the molecule is CCS(=O)(=O)CCN(CCCCO/N=C\c1ccc2ncnc(Nc3ccc(OCc4cccc(F)c4)c(Cl)c3)c2c1)C(=O)C(F)(F)F. The molecule has 0 aliphatic heterocycles. The van der Waals surface area contributed by atoms with Gasteiger partial charge in [-0.2, -0.15) is 13.2 Å². The van der Waals surface area contributed by atoms with E-state index in [0.29, 0.717) is 49.2 Å². The number of anilines is 2. The molecule has 0 aliphatic carbocycles. The third-order valence-electron chi connectivity index (χ3n) is 6.97. The number of aromatic nitrogens is 2. The Balaban J connectivity index is 1.31. The number of rotatable bonds is 16. The molecule has 0 radical (unpaired) electrons. The minimum Gasteiger partial charge on any atom is -0.487 e. The van der Waals surface area contributed by atoms with E-state index in [1.807, 2.05) is 0 Å². The van der Waals surface area contributed by atoms with Crippen molar-refractivity contribution in [1.29, 1.82) is 0 Å². The van der Waals surface area contributed by atoms with Gasteiger partial charge in [0.2, 0.25) is 0 Å². The Morgan fingerprint density at radius 2 is 1.88 bits per heavy atom. The second-order valence-corrected chi connectivity index (χ2v) is 13.4. The van der Waals surface area contributed by atoms with Crippen LogP contribution >= 0.6 is 11.6 Å². The Kier molecular flexibility index (Phi) is 12.5. The number of carbonyl (C=O) groups excluding carboxylic acids is 1. The molecule has 0 bridgehead atoms. The Hall–Kier alpha value is -4.50. The van der Waals surface area contributed by atoms with Crippen LogP contribution in [0.1, 0.15) is 30.9 Å². The van der Waals surface area contributed by atoms with E-state index in [1.165, 1.54) is 31.6 Å². The molecule has 0 saturated carbocycles. The monoisotopic (exact) mass is 709 g/mol. The smallest absolute Gasteiger partial charge is 0.471 e. The summed E-state index contributed by atoms with van der Waals surface area (Å²) < 4.78 is 81.5. The maximum atomic E-state index is 13.4. The number of ether oxygens (including phenoxy) is 1. The topological polar surface area (TPSA) is 123 Å². The molecule has 1 aromatic heterocycles. The lowest BCUT2D eigenvalue weighted by atomic mass is 10.1. The van der Waals surface area contributed by atoms with Crippen molar-refractivity contribution in [3.05, 3.63) is 89.0 Å². The molecular formula is C32H32ClF4N5O5S. The van der Waals surface area contributed by atoms with Gasteiger partial charge in [0.25, 0.3) is 0 Å². The van der Waals surface area contributed by atoms with Crippen molar-refractivity contribution in [3.63, 3.8) is 0 Å². The van der Waals surface area contributed by atoms with E-state index in [4.69, 9.17) is 21.2 Å². The minimum atomic E-state index is -5.10. The molecule has 0 aliphatic rings.